The number of aryl methyl sites for hydroxylation is 2. The quantitative estimate of drug-likeness (QED) is 0.727. The molecule has 0 aliphatic carbocycles. The van der Waals surface area contributed by atoms with Gasteiger partial charge >= 0.3 is 0 Å². The fourth-order valence-corrected chi connectivity index (χ4v) is 3.41. The summed E-state index contributed by atoms with van der Waals surface area (Å²) in [5.41, 5.74) is 5.07. The van der Waals surface area contributed by atoms with Gasteiger partial charge in [0.15, 0.2) is 0 Å². The normalized spacial score (nSPS) is 17.5. The van der Waals surface area contributed by atoms with Crippen LogP contribution in [0, 0.1) is 13.8 Å². The lowest BCUT2D eigenvalue weighted by molar-refractivity contribution is 0.485. The minimum atomic E-state index is 0.326. The Morgan fingerprint density at radius 3 is 2.67 bits per heavy atom. The topological polar surface area (TPSA) is 29.9 Å². The fraction of sp³-hybridized carbons (Fsp3) is 0.278. The molecule has 0 fully saturated rings. The highest BCUT2D eigenvalue weighted by Gasteiger charge is 2.24. The predicted molar refractivity (Wildman–Crippen MR) is 86.9 cm³/mol. The monoisotopic (exact) mass is 277 g/mol. The molecule has 0 amide bonds. The Balaban J connectivity index is 1.90. The number of nitrogens with zero attached hydrogens (tertiary/aromatic N) is 2. The third-order valence-electron chi connectivity index (χ3n) is 4.24. The molecule has 21 heavy (non-hydrogen) atoms. The minimum absolute atomic E-state index is 0.326. The lowest BCUT2D eigenvalue weighted by Gasteiger charge is -2.26. The van der Waals surface area contributed by atoms with Crippen molar-refractivity contribution in [1.29, 1.82) is 0 Å². The number of aromatic nitrogens is 2. The average Bonchev–Trinajstić information content (AvgIpc) is 2.84. The van der Waals surface area contributed by atoms with Crippen LogP contribution >= 0.6 is 0 Å². The van der Waals surface area contributed by atoms with Crippen LogP contribution in [0.4, 0.5) is 5.82 Å². The van der Waals surface area contributed by atoms with Crippen molar-refractivity contribution in [3.63, 3.8) is 0 Å². The smallest absolute Gasteiger partial charge is 0.132 e. The molecule has 1 unspecified atom stereocenters. The maximum atomic E-state index is 4.82. The zero-order valence-corrected chi connectivity index (χ0v) is 12.4. The first kappa shape index (κ1) is 12.5. The van der Waals surface area contributed by atoms with Crippen LogP contribution in [0.25, 0.3) is 10.9 Å². The maximum Gasteiger partial charge on any atom is 0.132 e. The molecular formula is C18H19N3. The molecule has 3 heteroatoms. The second-order valence-electron chi connectivity index (χ2n) is 5.96. The van der Waals surface area contributed by atoms with Gasteiger partial charge < -0.3 is 5.32 Å². The fourth-order valence-electron chi connectivity index (χ4n) is 3.41. The van der Waals surface area contributed by atoms with Gasteiger partial charge in [0.1, 0.15) is 5.82 Å². The van der Waals surface area contributed by atoms with E-state index in [1.807, 2.05) is 6.07 Å². The number of fused-ring (bicyclic) bond motifs is 3. The molecule has 0 radical (unpaired) electrons. The van der Waals surface area contributed by atoms with Crippen LogP contribution in [0.3, 0.4) is 0 Å². The van der Waals surface area contributed by atoms with E-state index < -0.39 is 0 Å². The van der Waals surface area contributed by atoms with Crippen molar-refractivity contribution < 1.29 is 0 Å². The van der Waals surface area contributed by atoms with Crippen LogP contribution in [0.15, 0.2) is 42.5 Å². The Labute approximate surface area is 124 Å². The van der Waals surface area contributed by atoms with Crippen molar-refractivity contribution in [2.24, 2.45) is 0 Å². The van der Waals surface area contributed by atoms with Gasteiger partial charge in [0.2, 0.25) is 0 Å². The summed E-state index contributed by atoms with van der Waals surface area (Å²) in [5.74, 6) is 1.15. The van der Waals surface area contributed by atoms with E-state index in [1.165, 1.54) is 22.1 Å². The van der Waals surface area contributed by atoms with Crippen LogP contribution in [-0.2, 0) is 0 Å². The molecule has 1 aromatic heterocycles. The van der Waals surface area contributed by atoms with Gasteiger partial charge in [0, 0.05) is 11.9 Å². The van der Waals surface area contributed by atoms with E-state index in [0.717, 1.165) is 24.3 Å². The second-order valence-corrected chi connectivity index (χ2v) is 5.96. The van der Waals surface area contributed by atoms with Gasteiger partial charge in [0.05, 0.1) is 11.6 Å². The van der Waals surface area contributed by atoms with Gasteiger partial charge in [0.25, 0.3) is 0 Å². The van der Waals surface area contributed by atoms with Gasteiger partial charge in [-0.25, -0.2) is 4.68 Å². The Hall–Kier alpha value is -2.29. The van der Waals surface area contributed by atoms with Gasteiger partial charge in [-0.05, 0) is 38.0 Å². The lowest BCUT2D eigenvalue weighted by Crippen LogP contribution is -2.24. The van der Waals surface area contributed by atoms with Gasteiger partial charge in [-0.3, -0.25) is 0 Å². The molecule has 2 aromatic carbocycles. The average molecular weight is 277 g/mol. The standard InChI is InChI=1S/C18H19N3/c1-12-9-13(2)11-14(10-12)17-7-8-19-18-15-5-3-4-6-16(15)20-21(17)18/h3-6,9-11,17,19H,7-8H2,1-2H3. The summed E-state index contributed by atoms with van der Waals surface area (Å²) >= 11 is 0. The highest BCUT2D eigenvalue weighted by molar-refractivity contribution is 5.90. The van der Waals surface area contributed by atoms with Gasteiger partial charge in [-0.15, -0.1) is 0 Å². The summed E-state index contributed by atoms with van der Waals surface area (Å²) in [6.45, 7) is 5.32. The molecule has 106 valence electrons. The number of hydrogen-bond acceptors (Lipinski definition) is 2. The highest BCUT2D eigenvalue weighted by atomic mass is 15.4. The molecule has 2 heterocycles. The Morgan fingerprint density at radius 2 is 1.86 bits per heavy atom. The molecule has 1 N–H and O–H groups in total. The number of rotatable bonds is 1. The summed E-state index contributed by atoms with van der Waals surface area (Å²) in [7, 11) is 0. The first-order valence-electron chi connectivity index (χ1n) is 7.52. The van der Waals surface area contributed by atoms with E-state index in [9.17, 15) is 0 Å². The molecule has 0 bridgehead atoms. The maximum absolute atomic E-state index is 4.82. The van der Waals surface area contributed by atoms with E-state index in [1.54, 1.807) is 0 Å². The van der Waals surface area contributed by atoms with Crippen LogP contribution in [0.2, 0.25) is 0 Å². The Kier molecular flexibility index (Phi) is 2.74. The summed E-state index contributed by atoms with van der Waals surface area (Å²) < 4.78 is 2.17. The molecule has 3 nitrogen and oxygen atoms in total. The summed E-state index contributed by atoms with van der Waals surface area (Å²) in [4.78, 5) is 0. The number of benzene rings is 2. The van der Waals surface area contributed by atoms with E-state index >= 15 is 0 Å². The lowest BCUT2D eigenvalue weighted by atomic mass is 9.98. The molecule has 0 saturated carbocycles. The predicted octanol–water partition coefficient (Wildman–Crippen LogP) is 4.06. The molecule has 0 saturated heterocycles. The van der Waals surface area contributed by atoms with E-state index in [4.69, 9.17) is 5.10 Å². The van der Waals surface area contributed by atoms with Gasteiger partial charge in [-0.2, -0.15) is 5.10 Å². The second kappa shape index (κ2) is 4.62. The van der Waals surface area contributed by atoms with Crippen molar-refractivity contribution in [2.75, 3.05) is 11.9 Å². The molecule has 1 aliphatic rings. The van der Waals surface area contributed by atoms with Crippen LogP contribution in [0.5, 0.6) is 0 Å². The summed E-state index contributed by atoms with van der Waals surface area (Å²) in [6.07, 6.45) is 1.07. The van der Waals surface area contributed by atoms with Crippen LogP contribution in [-0.4, -0.2) is 16.3 Å². The van der Waals surface area contributed by atoms with Crippen LogP contribution < -0.4 is 5.32 Å². The van der Waals surface area contributed by atoms with Crippen LogP contribution in [0.1, 0.15) is 29.2 Å². The molecule has 4 rings (SSSR count). The molecule has 1 atom stereocenters. The highest BCUT2D eigenvalue weighted by Crippen LogP contribution is 2.34. The molecular weight excluding hydrogens is 258 g/mol. The zero-order chi connectivity index (χ0) is 14.4. The first-order chi connectivity index (χ1) is 10.2. The van der Waals surface area contributed by atoms with Crippen molar-refractivity contribution in [1.82, 2.24) is 9.78 Å². The van der Waals surface area contributed by atoms with Crippen molar-refractivity contribution in [3.05, 3.63) is 59.2 Å². The molecule has 1 aliphatic heterocycles. The summed E-state index contributed by atoms with van der Waals surface area (Å²) in [5, 5.41) is 9.55. The molecule has 3 aromatic rings. The molecule has 0 spiro atoms. The van der Waals surface area contributed by atoms with Gasteiger partial charge in [-0.1, -0.05) is 41.5 Å². The van der Waals surface area contributed by atoms with E-state index in [2.05, 4.69) is 60.2 Å². The Bertz CT molecular complexity index is 796. The third-order valence-corrected chi connectivity index (χ3v) is 4.24. The van der Waals surface area contributed by atoms with E-state index in [0.29, 0.717) is 6.04 Å². The number of nitrogens with one attached hydrogen (secondary N) is 1. The largest absolute Gasteiger partial charge is 0.370 e. The third kappa shape index (κ3) is 2.00. The first-order valence-corrected chi connectivity index (χ1v) is 7.52. The SMILES string of the molecule is Cc1cc(C)cc(C2CCNc3c4ccccc4nn32)c1. The van der Waals surface area contributed by atoms with E-state index in [-0.39, 0.29) is 0 Å². The number of hydrogen-bond donors (Lipinski definition) is 1. The zero-order valence-electron chi connectivity index (χ0n) is 12.4. The minimum Gasteiger partial charge on any atom is -0.370 e. The van der Waals surface area contributed by atoms with Crippen molar-refractivity contribution >= 4 is 16.7 Å². The Morgan fingerprint density at radius 1 is 1.10 bits per heavy atom. The van der Waals surface area contributed by atoms with Crippen molar-refractivity contribution in [3.8, 4) is 0 Å². The number of anilines is 1. The van der Waals surface area contributed by atoms with Crippen molar-refractivity contribution in [2.45, 2.75) is 26.3 Å². The summed E-state index contributed by atoms with van der Waals surface area (Å²) in [6, 6.07) is 15.5.